The van der Waals surface area contributed by atoms with Crippen LogP contribution in [0.2, 0.25) is 0 Å². The van der Waals surface area contributed by atoms with Crippen molar-refractivity contribution in [1.82, 2.24) is 13.7 Å². The van der Waals surface area contributed by atoms with Crippen molar-refractivity contribution in [1.29, 1.82) is 0 Å². The summed E-state index contributed by atoms with van der Waals surface area (Å²) in [4.78, 5) is 0. The van der Waals surface area contributed by atoms with E-state index >= 15 is 0 Å². The molecule has 3 nitrogen and oxygen atoms in total. The molecule has 0 atom stereocenters. The number of aryl methyl sites for hydroxylation is 1. The van der Waals surface area contributed by atoms with Gasteiger partial charge in [0.15, 0.2) is 0 Å². The summed E-state index contributed by atoms with van der Waals surface area (Å²) in [7, 11) is 0. The summed E-state index contributed by atoms with van der Waals surface area (Å²) in [5.74, 6) is 0. The van der Waals surface area contributed by atoms with Gasteiger partial charge in [-0.3, -0.25) is 0 Å². The largest absolute Gasteiger partial charge is 0.313 e. The monoisotopic (exact) mass is 731 g/mol. The second kappa shape index (κ2) is 12.9. The van der Waals surface area contributed by atoms with Gasteiger partial charge in [0.2, 0.25) is 0 Å². The Hall–Kier alpha value is -6.84. The summed E-state index contributed by atoms with van der Waals surface area (Å²) >= 11 is 0. The van der Waals surface area contributed by atoms with Crippen molar-refractivity contribution < 1.29 is 0 Å². The molecule has 0 N–H and O–H groups in total. The molecule has 3 aromatic heterocycles. The zero-order chi connectivity index (χ0) is 37.5. The molecule has 57 heavy (non-hydrogen) atoms. The van der Waals surface area contributed by atoms with Crippen molar-refractivity contribution in [3.05, 3.63) is 192 Å². The highest BCUT2D eigenvalue weighted by Crippen LogP contribution is 2.44. The van der Waals surface area contributed by atoms with Crippen molar-refractivity contribution in [2.45, 2.75) is 38.5 Å². The summed E-state index contributed by atoms with van der Waals surface area (Å²) in [5, 5.41) is 3.94. The SMILES string of the molecule is C1=Cc2c(c3c(n2-c2cccc4c5ccccc5n(-c5cc(-c6ccccc6)cc(-c6ccccc6)c5)c24)CCC(n2c4c(c5ccccc52)CCC=C4)=C3)CC1. The predicted molar refractivity (Wildman–Crippen MR) is 240 cm³/mol. The minimum absolute atomic E-state index is 0.977. The average molecular weight is 732 g/mol. The minimum Gasteiger partial charge on any atom is -0.313 e. The first kappa shape index (κ1) is 32.4. The molecule has 6 aromatic carbocycles. The fraction of sp³-hybridized carbons (Fsp3) is 0.111. The zero-order valence-electron chi connectivity index (χ0n) is 31.8. The van der Waals surface area contributed by atoms with Crippen molar-refractivity contribution in [3.8, 4) is 33.6 Å². The Kier molecular flexibility index (Phi) is 7.31. The molecule has 3 aliphatic carbocycles. The quantitative estimate of drug-likeness (QED) is 0.167. The molecule has 0 saturated heterocycles. The topological polar surface area (TPSA) is 14.8 Å². The standard InChI is InChI=1S/C54H41N3/c1-3-16-36(17-4-1)38-32-39(37-18-5-2-6-19-37)34-41(33-38)56-50-27-13-9-22-44(50)46-24-15-29-53(54(46)56)57-51-28-14-10-23-45(51)47-35-40(30-31-52(47)57)55-48-25-11-7-20-42(48)43-21-8-12-26-49(43)55/h1-7,9,11-20,22,24-29,32-35H,8,10,21,23,30-31H2. The molecule has 3 heterocycles. The van der Waals surface area contributed by atoms with Crippen LogP contribution < -0.4 is 0 Å². The number of allylic oxidation sites excluding steroid dienone is 3. The Morgan fingerprint density at radius 1 is 0.421 bits per heavy atom. The van der Waals surface area contributed by atoms with Gasteiger partial charge in [0.25, 0.3) is 0 Å². The van der Waals surface area contributed by atoms with E-state index in [4.69, 9.17) is 0 Å². The van der Waals surface area contributed by atoms with Gasteiger partial charge in [-0.2, -0.15) is 0 Å². The first-order valence-corrected chi connectivity index (χ1v) is 20.5. The third kappa shape index (κ3) is 4.98. The van der Waals surface area contributed by atoms with E-state index < -0.39 is 0 Å². The number of fused-ring (bicyclic) bond motifs is 9. The van der Waals surface area contributed by atoms with E-state index in [1.54, 1.807) is 0 Å². The summed E-state index contributed by atoms with van der Waals surface area (Å²) < 4.78 is 7.75. The summed E-state index contributed by atoms with van der Waals surface area (Å²) in [5.41, 5.74) is 20.9. The molecule has 3 aliphatic rings. The molecule has 12 rings (SSSR count). The number of benzene rings is 6. The highest BCUT2D eigenvalue weighted by molar-refractivity contribution is 6.12. The second-order valence-corrected chi connectivity index (χ2v) is 15.8. The van der Waals surface area contributed by atoms with E-state index in [0.29, 0.717) is 0 Å². The Morgan fingerprint density at radius 2 is 1.02 bits per heavy atom. The number of aromatic nitrogens is 3. The smallest absolute Gasteiger partial charge is 0.0782 e. The van der Waals surface area contributed by atoms with Crippen LogP contribution in [-0.2, 0) is 19.3 Å². The molecule has 9 aromatic rings. The molecule has 0 fully saturated rings. The molecule has 0 amide bonds. The Morgan fingerprint density at radius 3 is 1.74 bits per heavy atom. The number of hydrogen-bond donors (Lipinski definition) is 0. The molecule has 0 spiro atoms. The lowest BCUT2D eigenvalue weighted by Gasteiger charge is -2.22. The molecule has 0 saturated carbocycles. The molecule has 0 bridgehead atoms. The van der Waals surface area contributed by atoms with Gasteiger partial charge in [-0.05, 0) is 127 Å². The van der Waals surface area contributed by atoms with Gasteiger partial charge in [-0.15, -0.1) is 0 Å². The normalized spacial score (nSPS) is 14.6. The van der Waals surface area contributed by atoms with E-state index in [-0.39, 0.29) is 0 Å². The Bertz CT molecular complexity index is 3100. The van der Waals surface area contributed by atoms with Gasteiger partial charge in [0.05, 0.1) is 22.2 Å². The summed E-state index contributed by atoms with van der Waals surface area (Å²) in [6, 6.07) is 53.7. The summed E-state index contributed by atoms with van der Waals surface area (Å²) in [6.45, 7) is 0. The van der Waals surface area contributed by atoms with E-state index in [9.17, 15) is 0 Å². The number of nitrogens with zero attached hydrogens (tertiary/aromatic N) is 3. The number of rotatable bonds is 5. The molecular weight excluding hydrogens is 691 g/mol. The van der Waals surface area contributed by atoms with Gasteiger partial charge >= 0.3 is 0 Å². The molecule has 0 radical (unpaired) electrons. The maximum Gasteiger partial charge on any atom is 0.0782 e. The highest BCUT2D eigenvalue weighted by atomic mass is 15.1. The molecule has 272 valence electrons. The lowest BCUT2D eigenvalue weighted by atomic mass is 9.94. The van der Waals surface area contributed by atoms with Crippen LogP contribution in [0.4, 0.5) is 0 Å². The zero-order valence-corrected chi connectivity index (χ0v) is 31.8. The fourth-order valence-corrected chi connectivity index (χ4v) is 10.2. The van der Waals surface area contributed by atoms with Gasteiger partial charge in [-0.25, -0.2) is 0 Å². The maximum atomic E-state index is 2.63. The maximum absolute atomic E-state index is 2.63. The minimum atomic E-state index is 0.977. The van der Waals surface area contributed by atoms with Crippen LogP contribution >= 0.6 is 0 Å². The molecular formula is C54H41N3. The van der Waals surface area contributed by atoms with Gasteiger partial charge < -0.3 is 13.7 Å². The molecule has 0 aliphatic heterocycles. The van der Waals surface area contributed by atoms with Crippen molar-refractivity contribution in [3.63, 3.8) is 0 Å². The lowest BCUT2D eigenvalue weighted by Crippen LogP contribution is -2.11. The van der Waals surface area contributed by atoms with Crippen LogP contribution in [0.25, 0.3) is 90.3 Å². The second-order valence-electron chi connectivity index (χ2n) is 15.8. The van der Waals surface area contributed by atoms with Crippen molar-refractivity contribution in [2.75, 3.05) is 0 Å². The van der Waals surface area contributed by atoms with E-state index in [2.05, 4.69) is 190 Å². The van der Waals surface area contributed by atoms with Crippen LogP contribution in [-0.4, -0.2) is 13.7 Å². The molecule has 0 unspecified atom stereocenters. The van der Waals surface area contributed by atoms with Crippen molar-refractivity contribution >= 4 is 56.6 Å². The fourth-order valence-electron chi connectivity index (χ4n) is 10.2. The molecule has 3 heteroatoms. The Balaban J connectivity index is 1.12. The van der Waals surface area contributed by atoms with Crippen LogP contribution in [0.3, 0.4) is 0 Å². The first-order valence-electron chi connectivity index (χ1n) is 20.5. The van der Waals surface area contributed by atoms with E-state index in [1.807, 2.05) is 0 Å². The van der Waals surface area contributed by atoms with Gasteiger partial charge in [0.1, 0.15) is 0 Å². The van der Waals surface area contributed by atoms with Crippen LogP contribution in [0.5, 0.6) is 0 Å². The van der Waals surface area contributed by atoms with Crippen LogP contribution in [0.1, 0.15) is 53.0 Å². The third-order valence-electron chi connectivity index (χ3n) is 12.7. The van der Waals surface area contributed by atoms with Crippen LogP contribution in [0.15, 0.2) is 158 Å². The van der Waals surface area contributed by atoms with Crippen molar-refractivity contribution in [2.24, 2.45) is 0 Å². The summed E-state index contributed by atoms with van der Waals surface area (Å²) in [6.07, 6.45) is 18.3. The van der Waals surface area contributed by atoms with E-state index in [0.717, 1.165) is 38.5 Å². The number of para-hydroxylation sites is 3. The van der Waals surface area contributed by atoms with Gasteiger partial charge in [-0.1, -0.05) is 121 Å². The highest BCUT2D eigenvalue weighted by Gasteiger charge is 2.29. The first-order chi connectivity index (χ1) is 28.3. The average Bonchev–Trinajstić information content (AvgIpc) is 3.93. The van der Waals surface area contributed by atoms with Gasteiger partial charge in [0, 0.05) is 50.2 Å². The lowest BCUT2D eigenvalue weighted by molar-refractivity contribution is 0.849. The number of hydrogen-bond acceptors (Lipinski definition) is 0. The Labute approximate surface area is 332 Å². The van der Waals surface area contributed by atoms with E-state index in [1.165, 1.54) is 106 Å². The third-order valence-corrected chi connectivity index (χ3v) is 12.7. The predicted octanol–water partition coefficient (Wildman–Crippen LogP) is 13.7. The van der Waals surface area contributed by atoms with Crippen LogP contribution in [0, 0.1) is 0 Å².